The molecule has 0 radical (unpaired) electrons. The smallest absolute Gasteiger partial charge is 0.303 e. The monoisotopic (exact) mass is 936 g/mol. The fourth-order valence-corrected chi connectivity index (χ4v) is 7.79. The minimum atomic E-state index is -1.84. The van der Waals surface area contributed by atoms with E-state index in [-0.39, 0.29) is 34.6 Å². The number of phenols is 1. The van der Waals surface area contributed by atoms with Crippen LogP contribution in [0, 0.1) is 5.92 Å². The number of benzene rings is 2. The maximum atomic E-state index is 14.8. The van der Waals surface area contributed by atoms with Crippen molar-refractivity contribution < 1.29 is 103 Å². The molecule has 3 saturated heterocycles. The first kappa shape index (κ1) is 50.5. The molecule has 2 aromatic carbocycles. The second-order valence-electron chi connectivity index (χ2n) is 16.4. The summed E-state index contributed by atoms with van der Waals surface area (Å²) in [5.74, 6) is -4.03. The second kappa shape index (κ2) is 21.3. The Morgan fingerprint density at radius 2 is 1.38 bits per heavy atom. The van der Waals surface area contributed by atoms with E-state index in [0.29, 0.717) is 5.75 Å². The molecule has 0 bridgehead atoms. The first-order valence-corrected chi connectivity index (χ1v) is 21.0. The Kier molecular flexibility index (Phi) is 16.3. The summed E-state index contributed by atoms with van der Waals surface area (Å²) in [6.07, 6.45) is -20.9. The number of hydrogen-bond donors (Lipinski definition) is 9. The van der Waals surface area contributed by atoms with Gasteiger partial charge in [-0.1, -0.05) is 11.6 Å². The van der Waals surface area contributed by atoms with Gasteiger partial charge < -0.3 is 93.0 Å². The van der Waals surface area contributed by atoms with Crippen LogP contribution in [0.1, 0.15) is 40.2 Å². The van der Waals surface area contributed by atoms with Gasteiger partial charge >= 0.3 is 11.9 Å². The van der Waals surface area contributed by atoms with Gasteiger partial charge in [0.15, 0.2) is 12.1 Å². The third-order valence-electron chi connectivity index (χ3n) is 11.4. The van der Waals surface area contributed by atoms with Gasteiger partial charge in [0.2, 0.25) is 23.8 Å². The van der Waals surface area contributed by atoms with Gasteiger partial charge in [-0.3, -0.25) is 14.4 Å². The molecule has 0 saturated carbocycles. The van der Waals surface area contributed by atoms with E-state index in [1.54, 1.807) is 32.1 Å². The zero-order valence-electron chi connectivity index (χ0n) is 36.8. The predicted octanol–water partition coefficient (Wildman–Crippen LogP) is -0.719. The number of allylic oxidation sites excluding steroid dienone is 2. The van der Waals surface area contributed by atoms with Crippen molar-refractivity contribution in [1.29, 1.82) is 0 Å². The lowest BCUT2D eigenvalue weighted by Crippen LogP contribution is -2.61. The van der Waals surface area contributed by atoms with Crippen molar-refractivity contribution in [1.82, 2.24) is 0 Å². The van der Waals surface area contributed by atoms with Crippen molar-refractivity contribution in [3.05, 3.63) is 57.8 Å². The van der Waals surface area contributed by atoms with Gasteiger partial charge in [0, 0.05) is 31.0 Å². The molecule has 0 aliphatic carbocycles. The van der Waals surface area contributed by atoms with Gasteiger partial charge in [0.25, 0.3) is 0 Å². The number of hydrogen-bond acceptors (Lipinski definition) is 22. The number of rotatable bonds is 15. The third kappa shape index (κ3) is 10.8. The highest BCUT2D eigenvalue weighted by Crippen LogP contribution is 2.42. The topological polar surface area (TPSA) is 329 Å². The molecular formula is C44H56O22. The quantitative estimate of drug-likeness (QED) is 0.0671. The molecule has 0 spiro atoms. The lowest BCUT2D eigenvalue weighted by Gasteiger charge is -2.44. The van der Waals surface area contributed by atoms with Crippen LogP contribution in [-0.2, 0) is 44.4 Å². The number of aromatic hydroxyl groups is 1. The Labute approximate surface area is 377 Å². The van der Waals surface area contributed by atoms with Crippen LogP contribution < -0.4 is 19.6 Å². The average molecular weight is 937 g/mol. The number of carbonyl (C=O) groups excluding carboxylic acids is 2. The largest absolute Gasteiger partial charge is 0.507 e. The summed E-state index contributed by atoms with van der Waals surface area (Å²) < 4.78 is 57.6. The Morgan fingerprint density at radius 3 is 1.98 bits per heavy atom. The van der Waals surface area contributed by atoms with E-state index >= 15 is 0 Å². The van der Waals surface area contributed by atoms with Crippen LogP contribution in [0.2, 0.25) is 0 Å². The van der Waals surface area contributed by atoms with E-state index in [1.807, 2.05) is 0 Å². The zero-order valence-corrected chi connectivity index (χ0v) is 36.8. The van der Waals surface area contributed by atoms with E-state index in [0.717, 1.165) is 25.5 Å². The fourth-order valence-electron chi connectivity index (χ4n) is 7.79. The summed E-state index contributed by atoms with van der Waals surface area (Å²) in [5, 5.41) is 96.3. The van der Waals surface area contributed by atoms with Crippen molar-refractivity contribution >= 4 is 22.9 Å². The van der Waals surface area contributed by atoms with Gasteiger partial charge in [0.1, 0.15) is 95.9 Å². The fraction of sp³-hybridized carbons (Fsp3) is 0.568. The maximum Gasteiger partial charge on any atom is 0.303 e. The van der Waals surface area contributed by atoms with E-state index in [1.165, 1.54) is 26.2 Å². The Morgan fingerprint density at radius 1 is 0.758 bits per heavy atom. The highest BCUT2D eigenvalue weighted by atomic mass is 16.7. The van der Waals surface area contributed by atoms with Crippen LogP contribution in [0.4, 0.5) is 0 Å². The molecule has 6 rings (SSSR count). The lowest BCUT2D eigenvalue weighted by molar-refractivity contribution is -0.316. The number of methoxy groups -OCH3 is 1. The molecule has 3 aliphatic heterocycles. The first-order valence-electron chi connectivity index (χ1n) is 21.0. The molecule has 3 aliphatic rings. The van der Waals surface area contributed by atoms with Gasteiger partial charge in [-0.05, 0) is 51.5 Å². The molecule has 66 heavy (non-hydrogen) atoms. The molecule has 4 heterocycles. The average Bonchev–Trinajstić information content (AvgIpc) is 3.27. The number of aliphatic hydroxyl groups excluding tert-OH is 8. The molecule has 3 fully saturated rings. The summed E-state index contributed by atoms with van der Waals surface area (Å²) >= 11 is 0. The van der Waals surface area contributed by atoms with E-state index in [9.17, 15) is 60.3 Å². The van der Waals surface area contributed by atoms with Crippen molar-refractivity contribution in [3.63, 3.8) is 0 Å². The molecule has 15 atom stereocenters. The maximum absolute atomic E-state index is 14.8. The Balaban J connectivity index is 1.42. The SMILES string of the molecule is COc1ccc(-c2oc3c(CC=C(C)C)c(O[C@H]4O[C@@H](CO)[C@@H](O)[C@@H](O)[C@H]4O)cc(O)c3c(=O)c2O[C@@H]2O[C@@H](C)[C@H](OC(C)=O)[C@@H](CO[C@H]3O[C@H](COC(C)=O)[C@@H](O)[C@@H](O)[C@H]3O)[C@@H]2O)cc1. The standard InChI is InChI=1S/C44H56O22/c1-17(2)7-12-23-26(62-44-37(56)34(53)31(50)27(14-45)63-44)13-25(48)29-33(52)41(39(65-40(23)29)21-8-10-22(57-6)11-9-21)66-43-30(49)24(38(18(3)60-43)61-20(5)47)15-59-42-36(55)35(54)32(51)28(64-42)16-58-19(4)46/h7-11,13,18,24,27-28,30-32,34-38,42-45,48-51,53-56H,12,14-16H2,1-6H3/t18-,24-,27-,28+,30-,31+,32+,34+,35+,36+,37+,38-,42-,43-,44-/m0/s1. The highest BCUT2D eigenvalue weighted by molar-refractivity contribution is 5.91. The van der Waals surface area contributed by atoms with Crippen LogP contribution in [-0.4, -0.2) is 171 Å². The molecule has 0 amide bonds. The van der Waals surface area contributed by atoms with Gasteiger partial charge in [0.05, 0.1) is 32.3 Å². The van der Waals surface area contributed by atoms with E-state index < -0.39 is 146 Å². The van der Waals surface area contributed by atoms with Crippen molar-refractivity contribution in [2.24, 2.45) is 5.92 Å². The van der Waals surface area contributed by atoms with E-state index in [4.69, 9.17) is 47.0 Å². The molecular weight excluding hydrogens is 880 g/mol. The molecule has 0 unspecified atom stereocenters. The number of carbonyl (C=O) groups is 2. The molecule has 22 heteroatoms. The summed E-state index contributed by atoms with van der Waals surface area (Å²) in [7, 11) is 1.44. The predicted molar refractivity (Wildman–Crippen MR) is 223 cm³/mol. The minimum absolute atomic E-state index is 0.00184. The number of fused-ring (bicyclic) bond motifs is 1. The Hall–Kier alpha value is -4.95. The number of esters is 2. The summed E-state index contributed by atoms with van der Waals surface area (Å²) in [4.78, 5) is 38.6. The van der Waals surface area contributed by atoms with E-state index in [2.05, 4.69) is 0 Å². The van der Waals surface area contributed by atoms with Crippen molar-refractivity contribution in [2.45, 2.75) is 127 Å². The number of phenolic OH excluding ortho intramolecular Hbond substituents is 1. The third-order valence-corrected chi connectivity index (χ3v) is 11.4. The van der Waals surface area contributed by atoms with Crippen molar-refractivity contribution in [2.75, 3.05) is 26.9 Å². The van der Waals surface area contributed by atoms with Crippen LogP contribution >= 0.6 is 0 Å². The number of aliphatic hydroxyl groups is 8. The minimum Gasteiger partial charge on any atom is -0.507 e. The van der Waals surface area contributed by atoms with Gasteiger partial charge in [-0.25, -0.2) is 0 Å². The van der Waals surface area contributed by atoms with Gasteiger partial charge in [-0.15, -0.1) is 0 Å². The Bertz CT molecular complexity index is 2260. The summed E-state index contributed by atoms with van der Waals surface area (Å²) in [5.41, 5.74) is -0.0124. The molecule has 1 aromatic heterocycles. The van der Waals surface area contributed by atoms with Crippen molar-refractivity contribution in [3.8, 4) is 34.3 Å². The normalized spacial score (nSPS) is 32.3. The first-order chi connectivity index (χ1) is 31.2. The molecule has 9 N–H and O–H groups in total. The summed E-state index contributed by atoms with van der Waals surface area (Å²) in [6, 6.07) is 7.23. The molecule has 364 valence electrons. The molecule has 3 aromatic rings. The molecule has 22 nitrogen and oxygen atoms in total. The highest BCUT2D eigenvalue weighted by Gasteiger charge is 2.50. The van der Waals surface area contributed by atoms with Crippen LogP contribution in [0.5, 0.6) is 23.0 Å². The lowest BCUT2D eigenvalue weighted by atomic mass is 9.89. The van der Waals surface area contributed by atoms with Crippen LogP contribution in [0.25, 0.3) is 22.3 Å². The number of ether oxygens (including phenoxy) is 9. The second-order valence-corrected chi connectivity index (χ2v) is 16.4. The summed E-state index contributed by atoms with van der Waals surface area (Å²) in [6.45, 7) is 5.48. The zero-order chi connectivity index (χ0) is 48.3. The van der Waals surface area contributed by atoms with Crippen LogP contribution in [0.3, 0.4) is 0 Å². The van der Waals surface area contributed by atoms with Crippen LogP contribution in [0.15, 0.2) is 51.2 Å². The van der Waals surface area contributed by atoms with Gasteiger partial charge in [-0.2, -0.15) is 0 Å².